The maximum absolute atomic E-state index is 13.0. The molecule has 2 heterocycles. The first-order valence-electron chi connectivity index (χ1n) is 9.14. The molecular weight excluding hydrogens is 364 g/mol. The van der Waals surface area contributed by atoms with E-state index in [-0.39, 0.29) is 23.3 Å². The zero-order valence-electron chi connectivity index (χ0n) is 15.9. The molecule has 1 aromatic heterocycles. The van der Waals surface area contributed by atoms with E-state index in [0.717, 1.165) is 11.1 Å². The Bertz CT molecular complexity index is 917. The number of amides is 1. The largest absolute Gasteiger partial charge is 0.352 e. The van der Waals surface area contributed by atoms with Gasteiger partial charge in [-0.25, -0.2) is 8.42 Å². The van der Waals surface area contributed by atoms with E-state index in [9.17, 15) is 13.2 Å². The second kappa shape index (κ2) is 7.82. The highest BCUT2D eigenvalue weighted by atomic mass is 32.2. The molecule has 1 aromatic carbocycles. The van der Waals surface area contributed by atoms with Crippen molar-refractivity contribution >= 4 is 15.9 Å². The lowest BCUT2D eigenvalue weighted by atomic mass is 9.98. The van der Waals surface area contributed by atoms with Gasteiger partial charge in [0.1, 0.15) is 4.90 Å². The number of rotatable bonds is 5. The molecule has 1 saturated heterocycles. The Hall–Kier alpha value is -2.19. The van der Waals surface area contributed by atoms with E-state index in [2.05, 4.69) is 15.5 Å². The van der Waals surface area contributed by atoms with Gasteiger partial charge in [-0.05, 0) is 39.2 Å². The molecule has 0 spiro atoms. The van der Waals surface area contributed by atoms with Crippen molar-refractivity contribution in [3.8, 4) is 0 Å². The van der Waals surface area contributed by atoms with E-state index in [1.807, 2.05) is 31.2 Å². The highest BCUT2D eigenvalue weighted by Crippen LogP contribution is 2.26. The third-order valence-electron chi connectivity index (χ3n) is 4.96. The van der Waals surface area contributed by atoms with Crippen LogP contribution in [0.25, 0.3) is 0 Å². The van der Waals surface area contributed by atoms with Crippen molar-refractivity contribution in [2.45, 2.75) is 45.1 Å². The zero-order chi connectivity index (χ0) is 19.6. The van der Waals surface area contributed by atoms with Crippen molar-refractivity contribution in [2.24, 2.45) is 5.92 Å². The molecule has 1 unspecified atom stereocenters. The molecule has 1 aliphatic heterocycles. The number of carbonyl (C=O) groups is 1. The molecule has 1 fully saturated rings. The van der Waals surface area contributed by atoms with E-state index in [1.165, 1.54) is 4.31 Å². The molecule has 2 N–H and O–H groups in total. The van der Waals surface area contributed by atoms with Crippen LogP contribution in [0.5, 0.6) is 0 Å². The number of hydrogen-bond acceptors (Lipinski definition) is 4. The molecule has 3 rings (SSSR count). The summed E-state index contributed by atoms with van der Waals surface area (Å²) >= 11 is 0. The molecule has 146 valence electrons. The molecule has 0 aliphatic carbocycles. The topological polar surface area (TPSA) is 95.2 Å². The number of carbonyl (C=O) groups excluding carboxylic acids is 1. The van der Waals surface area contributed by atoms with Gasteiger partial charge in [0.25, 0.3) is 0 Å². The number of sulfonamides is 1. The van der Waals surface area contributed by atoms with Gasteiger partial charge < -0.3 is 5.32 Å². The Morgan fingerprint density at radius 2 is 2.11 bits per heavy atom. The number of benzene rings is 1. The number of nitrogens with one attached hydrogen (secondary N) is 2. The van der Waals surface area contributed by atoms with Crippen LogP contribution in [-0.2, 0) is 21.4 Å². The summed E-state index contributed by atoms with van der Waals surface area (Å²) < 4.78 is 27.4. The Balaban J connectivity index is 1.67. The normalized spacial score (nSPS) is 18.4. The molecular formula is C19H26N4O3S. The van der Waals surface area contributed by atoms with Crippen LogP contribution in [0.15, 0.2) is 29.2 Å². The molecule has 2 aromatic rings. The van der Waals surface area contributed by atoms with Gasteiger partial charge in [0.15, 0.2) is 0 Å². The van der Waals surface area contributed by atoms with Crippen LogP contribution >= 0.6 is 0 Å². The van der Waals surface area contributed by atoms with Crippen molar-refractivity contribution in [3.63, 3.8) is 0 Å². The van der Waals surface area contributed by atoms with E-state index in [1.54, 1.807) is 13.8 Å². The van der Waals surface area contributed by atoms with Crippen LogP contribution in [0.4, 0.5) is 0 Å². The highest BCUT2D eigenvalue weighted by Gasteiger charge is 2.35. The monoisotopic (exact) mass is 390 g/mol. The van der Waals surface area contributed by atoms with E-state index >= 15 is 0 Å². The fraction of sp³-hybridized carbons (Fsp3) is 0.474. The minimum atomic E-state index is -3.66. The third kappa shape index (κ3) is 4.22. The first-order valence-corrected chi connectivity index (χ1v) is 10.6. The fourth-order valence-corrected chi connectivity index (χ4v) is 5.44. The summed E-state index contributed by atoms with van der Waals surface area (Å²) in [6.07, 6.45) is 1.35. The molecule has 1 atom stereocenters. The number of piperidine rings is 1. The number of aryl methyl sites for hydroxylation is 3. The average molecular weight is 391 g/mol. The summed E-state index contributed by atoms with van der Waals surface area (Å²) in [6, 6.07) is 7.97. The van der Waals surface area contributed by atoms with Crippen LogP contribution in [0.1, 0.15) is 35.4 Å². The number of hydrogen-bond donors (Lipinski definition) is 2. The van der Waals surface area contributed by atoms with Gasteiger partial charge in [0.05, 0.1) is 17.3 Å². The van der Waals surface area contributed by atoms with Gasteiger partial charge in [-0.2, -0.15) is 9.40 Å². The van der Waals surface area contributed by atoms with Crippen molar-refractivity contribution in [2.75, 3.05) is 13.1 Å². The van der Waals surface area contributed by atoms with E-state index < -0.39 is 10.0 Å². The van der Waals surface area contributed by atoms with E-state index in [4.69, 9.17) is 0 Å². The Kier molecular flexibility index (Phi) is 5.67. The predicted octanol–water partition coefficient (Wildman–Crippen LogP) is 2.05. The van der Waals surface area contributed by atoms with Crippen LogP contribution in [0, 0.1) is 26.7 Å². The smallest absolute Gasteiger partial charge is 0.246 e. The summed E-state index contributed by atoms with van der Waals surface area (Å²) in [5, 5.41) is 9.66. The quantitative estimate of drug-likeness (QED) is 0.817. The summed E-state index contributed by atoms with van der Waals surface area (Å²) in [5.41, 5.74) is 3.16. The summed E-state index contributed by atoms with van der Waals surface area (Å²) in [4.78, 5) is 12.8. The summed E-state index contributed by atoms with van der Waals surface area (Å²) in [5.74, 6) is -0.442. The van der Waals surface area contributed by atoms with Crippen LogP contribution in [0.3, 0.4) is 0 Å². The maximum atomic E-state index is 13.0. The molecule has 1 amide bonds. The van der Waals surface area contributed by atoms with Gasteiger partial charge in [-0.15, -0.1) is 0 Å². The predicted molar refractivity (Wildman–Crippen MR) is 103 cm³/mol. The van der Waals surface area contributed by atoms with Gasteiger partial charge in [-0.1, -0.05) is 29.8 Å². The molecule has 1 aliphatic rings. The van der Waals surface area contributed by atoms with Crippen molar-refractivity contribution in [3.05, 3.63) is 46.8 Å². The van der Waals surface area contributed by atoms with Gasteiger partial charge in [0, 0.05) is 19.6 Å². The summed E-state index contributed by atoms with van der Waals surface area (Å²) in [7, 11) is -3.66. The Morgan fingerprint density at radius 1 is 1.33 bits per heavy atom. The van der Waals surface area contributed by atoms with Crippen molar-refractivity contribution in [1.29, 1.82) is 0 Å². The number of H-pyrrole nitrogens is 1. The lowest BCUT2D eigenvalue weighted by Gasteiger charge is -2.31. The molecule has 0 saturated carbocycles. The number of aromatic amines is 1. The van der Waals surface area contributed by atoms with E-state index in [0.29, 0.717) is 37.3 Å². The van der Waals surface area contributed by atoms with Gasteiger partial charge in [-0.3, -0.25) is 9.89 Å². The van der Waals surface area contributed by atoms with Crippen LogP contribution < -0.4 is 5.32 Å². The standard InChI is InChI=1S/C19H26N4O3S/c1-13-6-4-7-16(10-13)11-20-19(24)17-8-5-9-23(12-17)27(25,26)18-14(2)21-22-15(18)3/h4,6-7,10,17H,5,8-9,11-12H2,1-3H3,(H,20,24)(H,21,22). The van der Waals surface area contributed by atoms with Crippen molar-refractivity contribution in [1.82, 2.24) is 19.8 Å². The first-order chi connectivity index (χ1) is 12.8. The molecule has 7 nitrogen and oxygen atoms in total. The molecule has 0 bridgehead atoms. The second-order valence-electron chi connectivity index (χ2n) is 7.17. The van der Waals surface area contributed by atoms with Gasteiger partial charge in [0.2, 0.25) is 15.9 Å². The minimum absolute atomic E-state index is 0.1000. The number of aromatic nitrogens is 2. The molecule has 27 heavy (non-hydrogen) atoms. The maximum Gasteiger partial charge on any atom is 0.246 e. The van der Waals surface area contributed by atoms with Crippen LogP contribution in [0.2, 0.25) is 0 Å². The Labute approximate surface area is 160 Å². The average Bonchev–Trinajstić information content (AvgIpc) is 2.99. The lowest BCUT2D eigenvalue weighted by Crippen LogP contribution is -2.45. The minimum Gasteiger partial charge on any atom is -0.352 e. The first kappa shape index (κ1) is 19.6. The third-order valence-corrected chi connectivity index (χ3v) is 7.09. The van der Waals surface area contributed by atoms with Crippen molar-refractivity contribution < 1.29 is 13.2 Å². The summed E-state index contributed by atoms with van der Waals surface area (Å²) in [6.45, 7) is 6.45. The lowest BCUT2D eigenvalue weighted by molar-refractivity contribution is -0.126. The number of nitrogens with zero attached hydrogens (tertiary/aromatic N) is 2. The zero-order valence-corrected chi connectivity index (χ0v) is 16.8. The SMILES string of the molecule is Cc1cccc(CNC(=O)C2CCCN(S(=O)(=O)c3c(C)n[nH]c3C)C2)c1. The fourth-order valence-electron chi connectivity index (χ4n) is 3.58. The van der Waals surface area contributed by atoms with Crippen LogP contribution in [-0.4, -0.2) is 41.9 Å². The molecule has 0 radical (unpaired) electrons. The Morgan fingerprint density at radius 3 is 2.78 bits per heavy atom. The highest BCUT2D eigenvalue weighted by molar-refractivity contribution is 7.89. The molecule has 8 heteroatoms. The second-order valence-corrected chi connectivity index (χ2v) is 9.05. The van der Waals surface area contributed by atoms with Gasteiger partial charge >= 0.3 is 0 Å².